The fourth-order valence-electron chi connectivity index (χ4n) is 2.48. The number of rotatable bonds is 4. The molecule has 19 heavy (non-hydrogen) atoms. The van der Waals surface area contributed by atoms with Crippen LogP contribution in [0.5, 0.6) is 0 Å². The minimum Gasteiger partial charge on any atom is -0.480 e. The molecular formula is C12H16F3NO3. The summed E-state index contributed by atoms with van der Waals surface area (Å²) in [5, 5.41) is 10.7. The molecule has 4 nitrogen and oxygen atoms in total. The molecule has 0 bridgehead atoms. The second kappa shape index (κ2) is 5.63. The molecule has 1 rings (SSSR count). The first kappa shape index (κ1) is 15.5. The molecule has 0 unspecified atom stereocenters. The van der Waals surface area contributed by atoms with Gasteiger partial charge in [-0.1, -0.05) is 25.3 Å². The molecule has 7 heteroatoms. The molecule has 0 heterocycles. The topological polar surface area (TPSA) is 66.4 Å². The number of halogens is 3. The quantitative estimate of drug-likeness (QED) is 0.776. The normalized spacial score (nSPS) is 20.4. The van der Waals surface area contributed by atoms with Gasteiger partial charge in [0, 0.05) is 5.41 Å². The highest BCUT2D eigenvalue weighted by atomic mass is 19.4. The van der Waals surface area contributed by atoms with Crippen molar-refractivity contribution < 1.29 is 27.9 Å². The van der Waals surface area contributed by atoms with Gasteiger partial charge in [0.15, 0.2) is 0 Å². The number of hydrogen-bond acceptors (Lipinski definition) is 2. The Morgan fingerprint density at radius 1 is 1.26 bits per heavy atom. The van der Waals surface area contributed by atoms with Gasteiger partial charge in [0.25, 0.3) is 0 Å². The standard InChI is InChI=1S/C12H16F3NO3/c1-2-11(6-4-3-5-7-11)8(9(17)18)16-10(19)12(13,14)15/h2,8H,1,3-7H2,(H,16,19)(H,17,18)/t8-/m1/s1. The van der Waals surface area contributed by atoms with Crippen LogP contribution in [0.15, 0.2) is 12.7 Å². The van der Waals surface area contributed by atoms with Gasteiger partial charge < -0.3 is 10.4 Å². The lowest BCUT2D eigenvalue weighted by Crippen LogP contribution is -2.55. The maximum atomic E-state index is 12.2. The third kappa shape index (κ3) is 3.48. The van der Waals surface area contributed by atoms with Crippen LogP contribution >= 0.6 is 0 Å². The van der Waals surface area contributed by atoms with E-state index in [0.29, 0.717) is 25.7 Å². The van der Waals surface area contributed by atoms with E-state index in [1.165, 1.54) is 6.08 Å². The maximum Gasteiger partial charge on any atom is 0.471 e. The van der Waals surface area contributed by atoms with Crippen molar-refractivity contribution in [3.8, 4) is 0 Å². The zero-order chi connectivity index (χ0) is 14.7. The summed E-state index contributed by atoms with van der Waals surface area (Å²) in [6, 6.07) is -1.60. The maximum absolute atomic E-state index is 12.2. The Kier molecular flexibility index (Phi) is 4.60. The molecule has 0 aliphatic heterocycles. The van der Waals surface area contributed by atoms with E-state index in [9.17, 15) is 22.8 Å². The average Bonchev–Trinajstić information content (AvgIpc) is 2.34. The lowest BCUT2D eigenvalue weighted by Gasteiger charge is -2.39. The molecule has 2 N–H and O–H groups in total. The first-order chi connectivity index (χ1) is 8.73. The molecule has 0 aromatic heterocycles. The van der Waals surface area contributed by atoms with Crippen molar-refractivity contribution in [2.45, 2.75) is 44.3 Å². The molecule has 0 saturated heterocycles. The fourth-order valence-corrected chi connectivity index (χ4v) is 2.48. The van der Waals surface area contributed by atoms with Crippen LogP contribution in [0.3, 0.4) is 0 Å². The minimum absolute atomic E-state index is 0.408. The second-order valence-electron chi connectivity index (χ2n) is 4.74. The van der Waals surface area contributed by atoms with Gasteiger partial charge in [0.2, 0.25) is 0 Å². The summed E-state index contributed by atoms with van der Waals surface area (Å²) in [6.07, 6.45) is -0.603. The molecule has 0 spiro atoms. The predicted octanol–water partition coefficient (Wildman–Crippen LogP) is 2.25. The average molecular weight is 279 g/mol. The van der Waals surface area contributed by atoms with Gasteiger partial charge in [-0.05, 0) is 12.8 Å². The highest BCUT2D eigenvalue weighted by Gasteiger charge is 2.47. The van der Waals surface area contributed by atoms with Crippen molar-refractivity contribution in [1.29, 1.82) is 0 Å². The number of carboxylic acid groups (broad SMARTS) is 1. The molecule has 0 aromatic carbocycles. The molecule has 1 fully saturated rings. The third-order valence-electron chi connectivity index (χ3n) is 3.55. The number of carbonyl (C=O) groups is 2. The smallest absolute Gasteiger partial charge is 0.471 e. The van der Waals surface area contributed by atoms with Crippen molar-refractivity contribution in [1.82, 2.24) is 5.32 Å². The van der Waals surface area contributed by atoms with Crippen LogP contribution in [0.25, 0.3) is 0 Å². The Balaban J connectivity index is 2.96. The SMILES string of the molecule is C=CC1([C@H](NC(=O)C(F)(F)F)C(=O)O)CCCCC1. The van der Waals surface area contributed by atoms with Crippen LogP contribution in [0.1, 0.15) is 32.1 Å². The van der Waals surface area contributed by atoms with E-state index < -0.39 is 29.5 Å². The number of aliphatic carboxylic acids is 1. The first-order valence-corrected chi connectivity index (χ1v) is 5.97. The van der Waals surface area contributed by atoms with Crippen LogP contribution in [0.4, 0.5) is 13.2 Å². The Morgan fingerprint density at radius 2 is 1.79 bits per heavy atom. The van der Waals surface area contributed by atoms with Gasteiger partial charge in [-0.3, -0.25) is 4.79 Å². The Hall–Kier alpha value is -1.53. The van der Waals surface area contributed by atoms with Gasteiger partial charge in [-0.25, -0.2) is 4.79 Å². The zero-order valence-corrected chi connectivity index (χ0v) is 10.3. The predicted molar refractivity (Wildman–Crippen MR) is 61.3 cm³/mol. The van der Waals surface area contributed by atoms with E-state index in [4.69, 9.17) is 5.11 Å². The summed E-state index contributed by atoms with van der Waals surface area (Å²) in [4.78, 5) is 22.1. The van der Waals surface area contributed by atoms with Crippen molar-refractivity contribution in [3.05, 3.63) is 12.7 Å². The van der Waals surface area contributed by atoms with Gasteiger partial charge >= 0.3 is 18.1 Å². The number of carboxylic acids is 1. The number of hydrogen-bond donors (Lipinski definition) is 2. The highest BCUT2D eigenvalue weighted by Crippen LogP contribution is 2.40. The summed E-state index contributed by atoms with van der Waals surface area (Å²) in [5.41, 5.74) is -1.01. The summed E-state index contributed by atoms with van der Waals surface area (Å²) >= 11 is 0. The number of alkyl halides is 3. The molecular weight excluding hydrogens is 263 g/mol. The van der Waals surface area contributed by atoms with E-state index in [0.717, 1.165) is 6.42 Å². The Morgan fingerprint density at radius 3 is 2.16 bits per heavy atom. The van der Waals surface area contributed by atoms with E-state index >= 15 is 0 Å². The van der Waals surface area contributed by atoms with Gasteiger partial charge in [0.1, 0.15) is 6.04 Å². The lowest BCUT2D eigenvalue weighted by molar-refractivity contribution is -0.176. The number of carbonyl (C=O) groups excluding carboxylic acids is 1. The van der Waals surface area contributed by atoms with E-state index in [1.807, 2.05) is 0 Å². The molecule has 1 amide bonds. The van der Waals surface area contributed by atoms with Gasteiger partial charge in [0.05, 0.1) is 0 Å². The third-order valence-corrected chi connectivity index (χ3v) is 3.55. The van der Waals surface area contributed by atoms with Crippen LogP contribution in [0.2, 0.25) is 0 Å². The van der Waals surface area contributed by atoms with Crippen LogP contribution in [-0.4, -0.2) is 29.2 Å². The fraction of sp³-hybridized carbons (Fsp3) is 0.667. The summed E-state index contributed by atoms with van der Waals surface area (Å²) < 4.78 is 36.7. The number of nitrogens with one attached hydrogen (secondary N) is 1. The molecule has 1 aliphatic rings. The zero-order valence-electron chi connectivity index (χ0n) is 10.3. The molecule has 0 aromatic rings. The molecule has 1 aliphatic carbocycles. The van der Waals surface area contributed by atoms with Crippen LogP contribution in [0, 0.1) is 5.41 Å². The summed E-state index contributed by atoms with van der Waals surface area (Å²) in [7, 11) is 0. The summed E-state index contributed by atoms with van der Waals surface area (Å²) in [6.45, 7) is 3.53. The highest BCUT2D eigenvalue weighted by molar-refractivity contribution is 5.87. The number of amides is 1. The summed E-state index contributed by atoms with van der Waals surface area (Å²) in [5.74, 6) is -3.70. The van der Waals surface area contributed by atoms with Crippen molar-refractivity contribution in [3.63, 3.8) is 0 Å². The minimum atomic E-state index is -5.09. The van der Waals surface area contributed by atoms with E-state index in [1.54, 1.807) is 5.32 Å². The van der Waals surface area contributed by atoms with Gasteiger partial charge in [-0.2, -0.15) is 13.2 Å². The lowest BCUT2D eigenvalue weighted by atomic mass is 9.69. The van der Waals surface area contributed by atoms with Crippen LogP contribution in [-0.2, 0) is 9.59 Å². The molecule has 108 valence electrons. The van der Waals surface area contributed by atoms with E-state index in [2.05, 4.69) is 6.58 Å². The first-order valence-electron chi connectivity index (χ1n) is 5.97. The van der Waals surface area contributed by atoms with Crippen molar-refractivity contribution >= 4 is 11.9 Å². The Labute approximate surface area is 108 Å². The Bertz CT molecular complexity index is 373. The molecule has 1 atom stereocenters. The van der Waals surface area contributed by atoms with Gasteiger partial charge in [-0.15, -0.1) is 6.58 Å². The molecule has 0 radical (unpaired) electrons. The largest absolute Gasteiger partial charge is 0.480 e. The monoisotopic (exact) mass is 279 g/mol. The van der Waals surface area contributed by atoms with Crippen LogP contribution < -0.4 is 5.32 Å². The van der Waals surface area contributed by atoms with Crippen molar-refractivity contribution in [2.75, 3.05) is 0 Å². The molecule has 1 saturated carbocycles. The van der Waals surface area contributed by atoms with E-state index in [-0.39, 0.29) is 0 Å². The van der Waals surface area contributed by atoms with Crippen molar-refractivity contribution in [2.24, 2.45) is 5.41 Å². The second-order valence-corrected chi connectivity index (χ2v) is 4.74.